The molecule has 3 nitrogen and oxygen atoms in total. The van der Waals surface area contributed by atoms with E-state index in [2.05, 4.69) is 4.90 Å². The Balaban J connectivity index is 2.34. The van der Waals surface area contributed by atoms with Gasteiger partial charge >= 0.3 is 0 Å². The zero-order valence-electron chi connectivity index (χ0n) is 9.50. The summed E-state index contributed by atoms with van der Waals surface area (Å²) in [6, 6.07) is 3.83. The molecule has 1 aliphatic rings. The molecule has 0 aromatic heterocycles. The number of halogens is 2. The van der Waals surface area contributed by atoms with E-state index in [0.29, 0.717) is 28.3 Å². The summed E-state index contributed by atoms with van der Waals surface area (Å²) in [6.45, 7) is 0.640. The van der Waals surface area contributed by atoms with Crippen LogP contribution in [0.5, 0.6) is 0 Å². The van der Waals surface area contributed by atoms with Gasteiger partial charge in [0.05, 0.1) is 22.3 Å². The standard InChI is InChI=1S/C12H16Cl2N2O/c13-10-6-8(15)7-11(14)12(10)16(4-5-17)9-2-1-3-9/h6-7,9,17H,1-5,15H2. The van der Waals surface area contributed by atoms with E-state index in [4.69, 9.17) is 34.0 Å². The largest absolute Gasteiger partial charge is 0.399 e. The fraction of sp³-hybridized carbons (Fsp3) is 0.500. The van der Waals surface area contributed by atoms with Crippen LogP contribution in [-0.4, -0.2) is 24.3 Å². The number of hydrogen-bond donors (Lipinski definition) is 2. The first-order valence-corrected chi connectivity index (χ1v) is 6.51. The van der Waals surface area contributed by atoms with Crippen LogP contribution in [0.3, 0.4) is 0 Å². The lowest BCUT2D eigenvalue weighted by molar-refractivity contribution is 0.283. The Kier molecular flexibility index (Phi) is 4.02. The summed E-state index contributed by atoms with van der Waals surface area (Å²) in [5.74, 6) is 0. The number of hydrogen-bond acceptors (Lipinski definition) is 3. The van der Waals surface area contributed by atoms with E-state index in [-0.39, 0.29) is 6.61 Å². The van der Waals surface area contributed by atoms with Crippen molar-refractivity contribution >= 4 is 34.6 Å². The molecule has 0 heterocycles. The van der Waals surface area contributed by atoms with Gasteiger partial charge in [0, 0.05) is 18.3 Å². The van der Waals surface area contributed by atoms with Gasteiger partial charge in [-0.2, -0.15) is 0 Å². The molecule has 17 heavy (non-hydrogen) atoms. The molecule has 0 spiro atoms. The molecule has 0 radical (unpaired) electrons. The first-order valence-electron chi connectivity index (χ1n) is 5.75. The quantitative estimate of drug-likeness (QED) is 0.831. The van der Waals surface area contributed by atoms with Crippen molar-refractivity contribution in [3.05, 3.63) is 22.2 Å². The summed E-state index contributed by atoms with van der Waals surface area (Å²) in [4.78, 5) is 2.09. The number of aliphatic hydroxyl groups excluding tert-OH is 1. The molecular weight excluding hydrogens is 259 g/mol. The molecule has 0 amide bonds. The molecule has 1 saturated carbocycles. The maximum atomic E-state index is 9.15. The Hall–Kier alpha value is -0.640. The average molecular weight is 275 g/mol. The second kappa shape index (κ2) is 5.34. The third-order valence-electron chi connectivity index (χ3n) is 3.18. The van der Waals surface area contributed by atoms with Crippen molar-refractivity contribution in [3.8, 4) is 0 Å². The number of aliphatic hydroxyl groups is 1. The number of benzene rings is 1. The van der Waals surface area contributed by atoms with Gasteiger partial charge in [0.2, 0.25) is 0 Å². The van der Waals surface area contributed by atoms with E-state index in [1.807, 2.05) is 0 Å². The first kappa shape index (κ1) is 12.8. The molecule has 2 rings (SSSR count). The van der Waals surface area contributed by atoms with E-state index in [1.54, 1.807) is 12.1 Å². The van der Waals surface area contributed by atoms with Crippen molar-refractivity contribution in [1.29, 1.82) is 0 Å². The van der Waals surface area contributed by atoms with Gasteiger partial charge in [-0.3, -0.25) is 0 Å². The van der Waals surface area contributed by atoms with Crippen molar-refractivity contribution in [2.75, 3.05) is 23.8 Å². The van der Waals surface area contributed by atoms with Gasteiger partial charge < -0.3 is 15.7 Å². The van der Waals surface area contributed by atoms with Gasteiger partial charge in [0.1, 0.15) is 0 Å². The molecule has 0 atom stereocenters. The van der Waals surface area contributed by atoms with Gasteiger partial charge in [-0.1, -0.05) is 23.2 Å². The van der Waals surface area contributed by atoms with E-state index >= 15 is 0 Å². The number of rotatable bonds is 4. The minimum Gasteiger partial charge on any atom is -0.399 e. The van der Waals surface area contributed by atoms with Gasteiger partial charge in [-0.05, 0) is 31.4 Å². The van der Waals surface area contributed by atoms with Crippen molar-refractivity contribution in [1.82, 2.24) is 0 Å². The van der Waals surface area contributed by atoms with Crippen LogP contribution in [0.2, 0.25) is 10.0 Å². The summed E-state index contributed by atoms with van der Waals surface area (Å²) in [6.07, 6.45) is 3.46. The normalized spacial score (nSPS) is 15.7. The SMILES string of the molecule is Nc1cc(Cl)c(N(CCO)C2CCC2)c(Cl)c1. The predicted molar refractivity (Wildman–Crippen MR) is 72.9 cm³/mol. The maximum absolute atomic E-state index is 9.15. The number of anilines is 2. The minimum absolute atomic E-state index is 0.0908. The van der Waals surface area contributed by atoms with Crippen molar-refractivity contribution in [3.63, 3.8) is 0 Å². The van der Waals surface area contributed by atoms with Crippen LogP contribution in [0.15, 0.2) is 12.1 Å². The molecule has 1 aromatic rings. The highest BCUT2D eigenvalue weighted by Gasteiger charge is 2.27. The maximum Gasteiger partial charge on any atom is 0.0749 e. The van der Waals surface area contributed by atoms with E-state index < -0.39 is 0 Å². The highest BCUT2D eigenvalue weighted by Crippen LogP contribution is 2.40. The van der Waals surface area contributed by atoms with E-state index in [1.165, 1.54) is 6.42 Å². The summed E-state index contributed by atoms with van der Waals surface area (Å²) in [5, 5.41) is 10.3. The van der Waals surface area contributed by atoms with Crippen LogP contribution in [0.1, 0.15) is 19.3 Å². The number of nitrogens with two attached hydrogens (primary N) is 1. The molecule has 0 bridgehead atoms. The number of nitrogen functional groups attached to an aromatic ring is 1. The second-order valence-corrected chi connectivity index (χ2v) is 5.15. The smallest absolute Gasteiger partial charge is 0.0749 e. The van der Waals surface area contributed by atoms with Gasteiger partial charge in [-0.25, -0.2) is 0 Å². The fourth-order valence-corrected chi connectivity index (χ4v) is 2.86. The Morgan fingerprint density at radius 1 is 1.29 bits per heavy atom. The van der Waals surface area contributed by atoms with E-state index in [9.17, 15) is 0 Å². The monoisotopic (exact) mass is 274 g/mol. The topological polar surface area (TPSA) is 49.5 Å². The lowest BCUT2D eigenvalue weighted by Gasteiger charge is -2.39. The summed E-state index contributed by atoms with van der Waals surface area (Å²) in [7, 11) is 0. The minimum atomic E-state index is 0.0908. The zero-order valence-corrected chi connectivity index (χ0v) is 11.0. The first-order chi connectivity index (χ1) is 8.13. The lowest BCUT2D eigenvalue weighted by atomic mass is 9.91. The van der Waals surface area contributed by atoms with Crippen molar-refractivity contribution in [2.24, 2.45) is 0 Å². The Bertz CT molecular complexity index is 384. The summed E-state index contributed by atoms with van der Waals surface area (Å²) < 4.78 is 0. The summed E-state index contributed by atoms with van der Waals surface area (Å²) >= 11 is 12.4. The van der Waals surface area contributed by atoms with Crippen LogP contribution in [0.25, 0.3) is 0 Å². The molecule has 94 valence electrons. The van der Waals surface area contributed by atoms with Crippen molar-refractivity contribution in [2.45, 2.75) is 25.3 Å². The third-order valence-corrected chi connectivity index (χ3v) is 3.76. The fourth-order valence-electron chi connectivity index (χ4n) is 2.14. The van der Waals surface area contributed by atoms with Crippen molar-refractivity contribution < 1.29 is 5.11 Å². The predicted octanol–water partition coefficient (Wildman–Crippen LogP) is 2.93. The van der Waals surface area contributed by atoms with Crippen LogP contribution in [0.4, 0.5) is 11.4 Å². The van der Waals surface area contributed by atoms with Gasteiger partial charge in [0.15, 0.2) is 0 Å². The lowest BCUT2D eigenvalue weighted by Crippen LogP contribution is -2.42. The molecule has 0 aliphatic heterocycles. The summed E-state index contributed by atoms with van der Waals surface area (Å²) in [5.41, 5.74) is 7.04. The molecule has 0 saturated heterocycles. The Morgan fingerprint density at radius 2 is 1.88 bits per heavy atom. The molecule has 1 aromatic carbocycles. The van der Waals surface area contributed by atoms with Gasteiger partial charge in [0.25, 0.3) is 0 Å². The molecule has 3 N–H and O–H groups in total. The highest BCUT2D eigenvalue weighted by molar-refractivity contribution is 6.39. The molecule has 5 heteroatoms. The Labute approximate surface area is 111 Å². The highest BCUT2D eigenvalue weighted by atomic mass is 35.5. The average Bonchev–Trinajstić information content (AvgIpc) is 2.13. The zero-order chi connectivity index (χ0) is 12.4. The van der Waals surface area contributed by atoms with Crippen LogP contribution >= 0.6 is 23.2 Å². The van der Waals surface area contributed by atoms with E-state index in [0.717, 1.165) is 18.5 Å². The molecule has 0 unspecified atom stereocenters. The van der Waals surface area contributed by atoms with Crippen LogP contribution in [0, 0.1) is 0 Å². The van der Waals surface area contributed by atoms with Crippen LogP contribution in [-0.2, 0) is 0 Å². The third kappa shape index (κ3) is 2.62. The Morgan fingerprint density at radius 3 is 2.29 bits per heavy atom. The van der Waals surface area contributed by atoms with Crippen LogP contribution < -0.4 is 10.6 Å². The second-order valence-electron chi connectivity index (χ2n) is 4.33. The number of nitrogens with zero attached hydrogens (tertiary/aromatic N) is 1. The molecular formula is C12H16Cl2N2O. The molecule has 1 aliphatic carbocycles. The molecule has 1 fully saturated rings. The van der Waals surface area contributed by atoms with Gasteiger partial charge in [-0.15, -0.1) is 0 Å².